The second kappa shape index (κ2) is 7.28. The van der Waals surface area contributed by atoms with E-state index in [4.69, 9.17) is 5.11 Å². The Balaban J connectivity index is 2.74. The molecule has 0 aliphatic heterocycles. The molecule has 2 N–H and O–H groups in total. The smallest absolute Gasteiger partial charge is 0.305 e. The zero-order valence-electron chi connectivity index (χ0n) is 11.7. The molecule has 4 nitrogen and oxygen atoms in total. The Bertz CT molecular complexity index is 454. The Morgan fingerprint density at radius 1 is 1.42 bits per heavy atom. The molecule has 1 amide bonds. The fraction of sp³-hybridized carbons (Fsp3) is 0.571. The normalized spacial score (nSPS) is 12.2. The molecule has 0 bridgehead atoms. The minimum atomic E-state index is -0.903. The number of rotatable bonds is 7. The van der Waals surface area contributed by atoms with Crippen LogP contribution in [0.3, 0.4) is 0 Å². The van der Waals surface area contributed by atoms with Gasteiger partial charge in [0.15, 0.2) is 0 Å². The molecular formula is C14H21NO3S. The van der Waals surface area contributed by atoms with Gasteiger partial charge in [0.25, 0.3) is 5.91 Å². The van der Waals surface area contributed by atoms with E-state index in [0.29, 0.717) is 4.88 Å². The zero-order valence-corrected chi connectivity index (χ0v) is 12.5. The average molecular weight is 283 g/mol. The summed E-state index contributed by atoms with van der Waals surface area (Å²) in [5, 5.41) is 11.4. The van der Waals surface area contributed by atoms with Crippen molar-refractivity contribution in [1.82, 2.24) is 5.32 Å². The van der Waals surface area contributed by atoms with Gasteiger partial charge in [0.1, 0.15) is 0 Å². The van der Waals surface area contributed by atoms with E-state index in [9.17, 15) is 9.59 Å². The predicted octanol–water partition coefficient (Wildman–Crippen LogP) is 2.86. The highest BCUT2D eigenvalue weighted by molar-refractivity contribution is 7.14. The predicted molar refractivity (Wildman–Crippen MR) is 76.9 cm³/mol. The van der Waals surface area contributed by atoms with E-state index in [2.05, 4.69) is 19.2 Å². The summed E-state index contributed by atoms with van der Waals surface area (Å²) in [4.78, 5) is 24.5. The van der Waals surface area contributed by atoms with Crippen LogP contribution in [0, 0.1) is 0 Å². The SMILES string of the molecule is CCCc1sc(C(=O)NC(C)CC(=O)O)cc1CC. The number of thiophene rings is 1. The molecule has 0 fully saturated rings. The molecule has 1 rings (SSSR count). The average Bonchev–Trinajstić information content (AvgIpc) is 2.71. The molecule has 1 heterocycles. The number of amides is 1. The van der Waals surface area contributed by atoms with Crippen molar-refractivity contribution in [1.29, 1.82) is 0 Å². The molecular weight excluding hydrogens is 262 g/mol. The van der Waals surface area contributed by atoms with E-state index in [0.717, 1.165) is 19.3 Å². The lowest BCUT2D eigenvalue weighted by Crippen LogP contribution is -2.33. The fourth-order valence-corrected chi connectivity index (χ4v) is 3.18. The number of aliphatic carboxylic acids is 1. The third kappa shape index (κ3) is 4.67. The van der Waals surface area contributed by atoms with Gasteiger partial charge in [0.05, 0.1) is 11.3 Å². The second-order valence-electron chi connectivity index (χ2n) is 4.63. The summed E-state index contributed by atoms with van der Waals surface area (Å²) in [6.45, 7) is 5.90. The molecule has 1 atom stereocenters. The van der Waals surface area contributed by atoms with Crippen LogP contribution in [-0.2, 0) is 17.6 Å². The summed E-state index contributed by atoms with van der Waals surface area (Å²) in [5.74, 6) is -1.07. The molecule has 1 aromatic rings. The van der Waals surface area contributed by atoms with Crippen molar-refractivity contribution in [2.75, 3.05) is 0 Å². The molecule has 0 saturated heterocycles. The van der Waals surface area contributed by atoms with Crippen molar-refractivity contribution in [3.63, 3.8) is 0 Å². The molecule has 0 aliphatic rings. The van der Waals surface area contributed by atoms with E-state index < -0.39 is 5.97 Å². The van der Waals surface area contributed by atoms with Gasteiger partial charge < -0.3 is 10.4 Å². The first-order chi connectivity index (χ1) is 8.97. The number of nitrogens with one attached hydrogen (secondary N) is 1. The Morgan fingerprint density at radius 2 is 2.11 bits per heavy atom. The van der Waals surface area contributed by atoms with Crippen molar-refractivity contribution in [3.8, 4) is 0 Å². The van der Waals surface area contributed by atoms with Crippen LogP contribution >= 0.6 is 11.3 Å². The van der Waals surface area contributed by atoms with E-state index in [1.165, 1.54) is 21.8 Å². The summed E-state index contributed by atoms with van der Waals surface area (Å²) in [6.07, 6.45) is 2.92. The van der Waals surface area contributed by atoms with Crippen LogP contribution in [0.2, 0.25) is 0 Å². The van der Waals surface area contributed by atoms with Crippen molar-refractivity contribution >= 4 is 23.2 Å². The molecule has 106 valence electrons. The lowest BCUT2D eigenvalue weighted by Gasteiger charge is -2.10. The van der Waals surface area contributed by atoms with Gasteiger partial charge in [-0.2, -0.15) is 0 Å². The second-order valence-corrected chi connectivity index (χ2v) is 5.77. The van der Waals surface area contributed by atoms with Crippen LogP contribution in [0.5, 0.6) is 0 Å². The van der Waals surface area contributed by atoms with E-state index in [1.807, 2.05) is 6.07 Å². The first-order valence-corrected chi connectivity index (χ1v) is 7.43. The van der Waals surface area contributed by atoms with Gasteiger partial charge in [-0.3, -0.25) is 9.59 Å². The first-order valence-electron chi connectivity index (χ1n) is 6.62. The topological polar surface area (TPSA) is 66.4 Å². The quantitative estimate of drug-likeness (QED) is 0.808. The third-order valence-electron chi connectivity index (χ3n) is 2.84. The highest BCUT2D eigenvalue weighted by Gasteiger charge is 2.16. The third-order valence-corrected chi connectivity index (χ3v) is 4.07. The molecule has 0 aromatic carbocycles. The maximum Gasteiger partial charge on any atom is 0.305 e. The minimum absolute atomic E-state index is 0.0560. The van der Waals surface area contributed by atoms with Crippen LogP contribution in [0.1, 0.15) is 53.7 Å². The molecule has 1 aromatic heterocycles. The molecule has 0 aliphatic carbocycles. The monoisotopic (exact) mass is 283 g/mol. The maximum atomic E-state index is 12.0. The van der Waals surface area contributed by atoms with Gasteiger partial charge in [-0.1, -0.05) is 20.3 Å². The Kier molecular flexibility index (Phi) is 6.02. The standard InChI is InChI=1S/C14H21NO3S/c1-4-6-11-10(5-2)8-12(19-11)14(18)15-9(3)7-13(16)17/h8-9H,4-7H2,1-3H3,(H,15,18)(H,16,17). The van der Waals surface area contributed by atoms with Crippen molar-refractivity contribution in [2.45, 2.75) is 52.5 Å². The van der Waals surface area contributed by atoms with Gasteiger partial charge in [0, 0.05) is 10.9 Å². The molecule has 19 heavy (non-hydrogen) atoms. The molecule has 5 heteroatoms. The van der Waals surface area contributed by atoms with Gasteiger partial charge in [-0.05, 0) is 31.4 Å². The first kappa shape index (κ1) is 15.7. The van der Waals surface area contributed by atoms with E-state index in [1.54, 1.807) is 6.92 Å². The van der Waals surface area contributed by atoms with Crippen molar-refractivity contribution < 1.29 is 14.7 Å². The van der Waals surface area contributed by atoms with Gasteiger partial charge in [-0.15, -0.1) is 11.3 Å². The van der Waals surface area contributed by atoms with Gasteiger partial charge in [-0.25, -0.2) is 0 Å². The fourth-order valence-electron chi connectivity index (χ4n) is 1.92. The van der Waals surface area contributed by atoms with E-state index in [-0.39, 0.29) is 18.4 Å². The number of carbonyl (C=O) groups excluding carboxylic acids is 1. The van der Waals surface area contributed by atoms with Crippen molar-refractivity contribution in [2.24, 2.45) is 0 Å². The lowest BCUT2D eigenvalue weighted by atomic mass is 10.1. The minimum Gasteiger partial charge on any atom is -0.481 e. The van der Waals surface area contributed by atoms with Crippen LogP contribution in [-0.4, -0.2) is 23.0 Å². The number of aryl methyl sites for hydroxylation is 2. The Hall–Kier alpha value is -1.36. The summed E-state index contributed by atoms with van der Waals surface area (Å²) < 4.78 is 0. The number of hydrogen-bond donors (Lipinski definition) is 2. The summed E-state index contributed by atoms with van der Waals surface area (Å²) in [7, 11) is 0. The summed E-state index contributed by atoms with van der Waals surface area (Å²) >= 11 is 1.52. The lowest BCUT2D eigenvalue weighted by molar-refractivity contribution is -0.137. The highest BCUT2D eigenvalue weighted by Crippen LogP contribution is 2.24. The van der Waals surface area contributed by atoms with Crippen LogP contribution in [0.4, 0.5) is 0 Å². The zero-order chi connectivity index (χ0) is 14.4. The van der Waals surface area contributed by atoms with E-state index >= 15 is 0 Å². The molecule has 0 spiro atoms. The maximum absolute atomic E-state index is 12.0. The van der Waals surface area contributed by atoms with Gasteiger partial charge in [0.2, 0.25) is 0 Å². The van der Waals surface area contributed by atoms with Gasteiger partial charge >= 0.3 is 5.97 Å². The Morgan fingerprint density at radius 3 is 2.63 bits per heavy atom. The van der Waals surface area contributed by atoms with Crippen LogP contribution in [0.15, 0.2) is 6.07 Å². The highest BCUT2D eigenvalue weighted by atomic mass is 32.1. The van der Waals surface area contributed by atoms with Crippen LogP contribution < -0.4 is 5.32 Å². The largest absolute Gasteiger partial charge is 0.481 e. The summed E-state index contributed by atoms with van der Waals surface area (Å²) in [6, 6.07) is 1.57. The number of carboxylic acids is 1. The molecule has 1 unspecified atom stereocenters. The number of hydrogen-bond acceptors (Lipinski definition) is 3. The molecule has 0 saturated carbocycles. The van der Waals surface area contributed by atoms with Crippen molar-refractivity contribution in [3.05, 3.63) is 21.4 Å². The van der Waals surface area contributed by atoms with Crippen LogP contribution in [0.25, 0.3) is 0 Å². The number of carboxylic acid groups (broad SMARTS) is 1. The Labute approximate surface area is 117 Å². The number of carbonyl (C=O) groups is 2. The summed E-state index contributed by atoms with van der Waals surface area (Å²) in [5.41, 5.74) is 1.22. The molecule has 0 radical (unpaired) electrons.